The summed E-state index contributed by atoms with van der Waals surface area (Å²) < 4.78 is 0. The number of carbonyl (C=O) groups is 1. The highest BCUT2D eigenvalue weighted by Crippen LogP contribution is 2.36. The van der Waals surface area contributed by atoms with Crippen LogP contribution in [0.15, 0.2) is 5.03 Å². The van der Waals surface area contributed by atoms with Gasteiger partial charge in [0.25, 0.3) is 0 Å². The Balaban J connectivity index is 2.25. The molecule has 2 rings (SSSR count). The Morgan fingerprint density at radius 1 is 1.23 bits per heavy atom. The number of hydrogen-bond acceptors (Lipinski definition) is 5. The fraction of sp³-hybridized carbons (Fsp3) is 0.562. The fourth-order valence-corrected chi connectivity index (χ4v) is 4.29. The number of rotatable bonds is 5. The summed E-state index contributed by atoms with van der Waals surface area (Å²) in [6.07, 6.45) is 0. The second-order valence-electron chi connectivity index (χ2n) is 5.94. The van der Waals surface area contributed by atoms with Gasteiger partial charge in [0.2, 0.25) is 5.91 Å². The van der Waals surface area contributed by atoms with E-state index in [9.17, 15) is 4.79 Å². The average Bonchev–Trinajstić information content (AvgIpc) is 2.70. The van der Waals surface area contributed by atoms with Crippen LogP contribution < -0.4 is 5.32 Å². The zero-order chi connectivity index (χ0) is 16.4. The third-order valence-electron chi connectivity index (χ3n) is 3.45. The molecule has 0 aliphatic heterocycles. The number of thiophene rings is 1. The summed E-state index contributed by atoms with van der Waals surface area (Å²) in [7, 11) is 0. The Kier molecular flexibility index (Phi) is 5.45. The molecule has 4 nitrogen and oxygen atoms in total. The van der Waals surface area contributed by atoms with E-state index in [1.807, 2.05) is 13.8 Å². The van der Waals surface area contributed by atoms with Crippen LogP contribution >= 0.6 is 23.1 Å². The molecule has 1 atom stereocenters. The SMILES string of the molecule is Cc1nc(S[C@@H](C)C(=O)NCC(C)C)c2c(C)c(C)sc2n1. The number of nitrogens with one attached hydrogen (secondary N) is 1. The first kappa shape index (κ1) is 17.2. The summed E-state index contributed by atoms with van der Waals surface area (Å²) in [5, 5.41) is 4.83. The van der Waals surface area contributed by atoms with Crippen molar-refractivity contribution in [1.82, 2.24) is 15.3 Å². The minimum absolute atomic E-state index is 0.0627. The summed E-state index contributed by atoms with van der Waals surface area (Å²) in [6, 6.07) is 0. The summed E-state index contributed by atoms with van der Waals surface area (Å²) in [6.45, 7) is 12.9. The van der Waals surface area contributed by atoms with Crippen LogP contribution in [-0.4, -0.2) is 27.7 Å². The van der Waals surface area contributed by atoms with E-state index in [-0.39, 0.29) is 11.2 Å². The molecule has 0 fully saturated rings. The molecule has 0 aliphatic carbocycles. The highest BCUT2D eigenvalue weighted by Gasteiger charge is 2.20. The molecule has 1 N–H and O–H groups in total. The quantitative estimate of drug-likeness (QED) is 0.665. The van der Waals surface area contributed by atoms with Gasteiger partial charge < -0.3 is 5.32 Å². The third kappa shape index (κ3) is 3.79. The maximum atomic E-state index is 12.2. The molecule has 0 bridgehead atoms. The van der Waals surface area contributed by atoms with Crippen LogP contribution in [0, 0.1) is 26.7 Å². The number of hydrogen-bond donors (Lipinski definition) is 1. The first-order valence-electron chi connectivity index (χ1n) is 7.48. The second kappa shape index (κ2) is 6.96. The molecule has 0 radical (unpaired) electrons. The maximum Gasteiger partial charge on any atom is 0.233 e. The molecule has 0 aliphatic rings. The van der Waals surface area contributed by atoms with Crippen LogP contribution in [0.3, 0.4) is 0 Å². The van der Waals surface area contributed by atoms with Crippen molar-refractivity contribution in [3.8, 4) is 0 Å². The van der Waals surface area contributed by atoms with Gasteiger partial charge in [0, 0.05) is 16.8 Å². The Bertz CT molecular complexity index is 694. The van der Waals surface area contributed by atoms with E-state index < -0.39 is 0 Å². The molecule has 0 aromatic carbocycles. The molecule has 2 aromatic heterocycles. The van der Waals surface area contributed by atoms with Gasteiger partial charge in [-0.2, -0.15) is 0 Å². The number of nitrogens with zero attached hydrogens (tertiary/aromatic N) is 2. The van der Waals surface area contributed by atoms with Gasteiger partial charge in [-0.05, 0) is 39.2 Å². The molecule has 0 saturated heterocycles. The Morgan fingerprint density at radius 2 is 1.91 bits per heavy atom. The molecular weight excluding hydrogens is 314 g/mol. The summed E-state index contributed by atoms with van der Waals surface area (Å²) >= 11 is 3.21. The monoisotopic (exact) mass is 337 g/mol. The van der Waals surface area contributed by atoms with Gasteiger partial charge in [-0.25, -0.2) is 9.97 Å². The summed E-state index contributed by atoms with van der Waals surface area (Å²) in [5.74, 6) is 1.27. The van der Waals surface area contributed by atoms with Crippen LogP contribution in [0.4, 0.5) is 0 Å². The summed E-state index contributed by atoms with van der Waals surface area (Å²) in [5.41, 5.74) is 1.22. The van der Waals surface area contributed by atoms with E-state index in [0.29, 0.717) is 12.5 Å². The Morgan fingerprint density at radius 3 is 2.55 bits per heavy atom. The van der Waals surface area contributed by atoms with Gasteiger partial charge in [0.1, 0.15) is 15.7 Å². The average molecular weight is 338 g/mol. The maximum absolute atomic E-state index is 12.2. The van der Waals surface area contributed by atoms with E-state index in [1.54, 1.807) is 11.3 Å². The third-order valence-corrected chi connectivity index (χ3v) is 5.64. The van der Waals surface area contributed by atoms with Crippen LogP contribution in [0.25, 0.3) is 10.2 Å². The van der Waals surface area contributed by atoms with Crippen LogP contribution in [0.2, 0.25) is 0 Å². The minimum Gasteiger partial charge on any atom is -0.355 e. The van der Waals surface area contributed by atoms with Gasteiger partial charge in [-0.3, -0.25) is 4.79 Å². The van der Waals surface area contributed by atoms with Crippen LogP contribution in [0.5, 0.6) is 0 Å². The molecule has 120 valence electrons. The molecule has 0 spiro atoms. The Hall–Kier alpha value is -1.14. The van der Waals surface area contributed by atoms with Crippen LogP contribution in [-0.2, 0) is 4.79 Å². The van der Waals surface area contributed by atoms with Gasteiger partial charge in [-0.1, -0.05) is 25.6 Å². The van der Waals surface area contributed by atoms with Gasteiger partial charge in [0.05, 0.1) is 5.25 Å². The lowest BCUT2D eigenvalue weighted by molar-refractivity contribution is -0.120. The number of amides is 1. The highest BCUT2D eigenvalue weighted by atomic mass is 32.2. The van der Waals surface area contributed by atoms with E-state index in [2.05, 4.69) is 43.0 Å². The van der Waals surface area contributed by atoms with Crippen molar-refractivity contribution in [2.24, 2.45) is 5.92 Å². The predicted molar refractivity (Wildman–Crippen MR) is 94.8 cm³/mol. The first-order chi connectivity index (χ1) is 10.3. The van der Waals surface area contributed by atoms with Crippen molar-refractivity contribution >= 4 is 39.2 Å². The molecule has 0 unspecified atom stereocenters. The largest absolute Gasteiger partial charge is 0.355 e. The molecule has 0 saturated carbocycles. The van der Waals surface area contributed by atoms with E-state index in [1.165, 1.54) is 22.2 Å². The normalized spacial score (nSPS) is 12.9. The molecular formula is C16H23N3OS2. The topological polar surface area (TPSA) is 54.9 Å². The van der Waals surface area contributed by atoms with Gasteiger partial charge in [0.15, 0.2) is 0 Å². The van der Waals surface area contributed by atoms with Crippen molar-refractivity contribution in [2.45, 2.75) is 51.8 Å². The lowest BCUT2D eigenvalue weighted by Gasteiger charge is -2.14. The fourth-order valence-electron chi connectivity index (χ4n) is 2.07. The zero-order valence-electron chi connectivity index (χ0n) is 14.0. The molecule has 1 amide bonds. The lowest BCUT2D eigenvalue weighted by Crippen LogP contribution is -2.33. The second-order valence-corrected chi connectivity index (χ2v) is 8.47. The van der Waals surface area contributed by atoms with Crippen molar-refractivity contribution in [3.63, 3.8) is 0 Å². The van der Waals surface area contributed by atoms with Gasteiger partial charge >= 0.3 is 0 Å². The number of carbonyl (C=O) groups excluding carboxylic acids is 1. The zero-order valence-corrected chi connectivity index (χ0v) is 15.6. The number of fused-ring (bicyclic) bond motifs is 1. The lowest BCUT2D eigenvalue weighted by atomic mass is 10.2. The van der Waals surface area contributed by atoms with Crippen molar-refractivity contribution in [1.29, 1.82) is 0 Å². The first-order valence-corrected chi connectivity index (χ1v) is 9.18. The number of aryl methyl sites for hydroxylation is 3. The standard InChI is InChI=1S/C16H23N3OS2/c1-8(2)7-17-14(20)11(5)22-16-13-9(3)10(4)21-15(13)18-12(6)19-16/h8,11H,7H2,1-6H3,(H,17,20)/t11-/m0/s1. The molecule has 2 heterocycles. The van der Waals surface area contributed by atoms with E-state index in [4.69, 9.17) is 0 Å². The van der Waals surface area contributed by atoms with Crippen molar-refractivity contribution in [3.05, 3.63) is 16.3 Å². The smallest absolute Gasteiger partial charge is 0.233 e. The minimum atomic E-state index is -0.171. The van der Waals surface area contributed by atoms with E-state index in [0.717, 1.165) is 21.1 Å². The van der Waals surface area contributed by atoms with Gasteiger partial charge in [-0.15, -0.1) is 11.3 Å². The summed E-state index contributed by atoms with van der Waals surface area (Å²) in [4.78, 5) is 23.6. The number of thioether (sulfide) groups is 1. The molecule has 6 heteroatoms. The van der Waals surface area contributed by atoms with Crippen LogP contribution in [0.1, 0.15) is 37.0 Å². The number of aromatic nitrogens is 2. The highest BCUT2D eigenvalue weighted by molar-refractivity contribution is 8.00. The van der Waals surface area contributed by atoms with Crippen molar-refractivity contribution < 1.29 is 4.79 Å². The molecule has 22 heavy (non-hydrogen) atoms. The Labute approximate surface area is 140 Å². The van der Waals surface area contributed by atoms with E-state index >= 15 is 0 Å². The molecule has 2 aromatic rings. The predicted octanol–water partition coefficient (Wildman–Crippen LogP) is 3.87. The van der Waals surface area contributed by atoms with Crippen molar-refractivity contribution in [2.75, 3.05) is 6.54 Å².